The Labute approximate surface area is 148 Å². The summed E-state index contributed by atoms with van der Waals surface area (Å²) in [6.07, 6.45) is 2.80. The maximum Gasteiger partial charge on any atom is 0.227 e. The van der Waals surface area contributed by atoms with Gasteiger partial charge in [-0.15, -0.1) is 0 Å². The SMILES string of the molecule is CN(CCN1CCCC1)C(=O)C1CC(=O)N(c2ccc(Cl)cc2)C1. The van der Waals surface area contributed by atoms with Gasteiger partial charge in [0, 0.05) is 43.8 Å². The Bertz CT molecular complexity index is 599. The molecule has 0 bridgehead atoms. The lowest BCUT2D eigenvalue weighted by Gasteiger charge is -2.24. The van der Waals surface area contributed by atoms with Crippen molar-refractivity contribution in [2.45, 2.75) is 19.3 Å². The molecule has 2 heterocycles. The van der Waals surface area contributed by atoms with Crippen molar-refractivity contribution in [2.24, 2.45) is 5.92 Å². The summed E-state index contributed by atoms with van der Waals surface area (Å²) in [5.41, 5.74) is 0.805. The molecule has 0 spiro atoms. The van der Waals surface area contributed by atoms with Crippen LogP contribution in [0.2, 0.25) is 5.02 Å². The number of amides is 2. The summed E-state index contributed by atoms with van der Waals surface area (Å²) in [7, 11) is 1.84. The molecule has 0 aromatic heterocycles. The lowest BCUT2D eigenvalue weighted by atomic mass is 10.1. The van der Waals surface area contributed by atoms with Crippen LogP contribution in [0.4, 0.5) is 5.69 Å². The second-order valence-corrected chi connectivity index (χ2v) is 7.13. The summed E-state index contributed by atoms with van der Waals surface area (Å²) in [5, 5.41) is 0.639. The van der Waals surface area contributed by atoms with Gasteiger partial charge in [-0.25, -0.2) is 0 Å². The molecule has 0 aliphatic carbocycles. The molecule has 2 saturated heterocycles. The summed E-state index contributed by atoms with van der Waals surface area (Å²) in [6, 6.07) is 7.18. The third-order valence-corrected chi connectivity index (χ3v) is 5.19. The quantitative estimate of drug-likeness (QED) is 0.819. The van der Waals surface area contributed by atoms with E-state index in [1.807, 2.05) is 19.2 Å². The first-order valence-corrected chi connectivity index (χ1v) is 8.95. The van der Waals surface area contributed by atoms with Gasteiger partial charge in [-0.1, -0.05) is 11.6 Å². The minimum atomic E-state index is -0.253. The van der Waals surface area contributed by atoms with Gasteiger partial charge in [0.15, 0.2) is 0 Å². The van der Waals surface area contributed by atoms with Crippen molar-refractivity contribution in [3.63, 3.8) is 0 Å². The normalized spacial score (nSPS) is 21.5. The Morgan fingerprint density at radius 1 is 1.25 bits per heavy atom. The summed E-state index contributed by atoms with van der Waals surface area (Å²) in [4.78, 5) is 30.8. The zero-order chi connectivity index (χ0) is 17.1. The molecule has 0 radical (unpaired) electrons. The Morgan fingerprint density at radius 3 is 2.58 bits per heavy atom. The Hall–Kier alpha value is -1.59. The lowest BCUT2D eigenvalue weighted by molar-refractivity contribution is -0.134. The third kappa shape index (κ3) is 3.90. The van der Waals surface area contributed by atoms with Crippen molar-refractivity contribution >= 4 is 29.1 Å². The van der Waals surface area contributed by atoms with E-state index in [1.165, 1.54) is 12.8 Å². The second-order valence-electron chi connectivity index (χ2n) is 6.69. The van der Waals surface area contributed by atoms with Crippen LogP contribution >= 0.6 is 11.6 Å². The number of hydrogen-bond acceptors (Lipinski definition) is 3. The van der Waals surface area contributed by atoms with Crippen molar-refractivity contribution in [2.75, 3.05) is 44.7 Å². The number of anilines is 1. The highest BCUT2D eigenvalue weighted by atomic mass is 35.5. The zero-order valence-corrected chi connectivity index (χ0v) is 14.8. The summed E-state index contributed by atoms with van der Waals surface area (Å²) < 4.78 is 0. The minimum absolute atomic E-state index is 0.00335. The van der Waals surface area contributed by atoms with Crippen LogP contribution in [0.5, 0.6) is 0 Å². The minimum Gasteiger partial charge on any atom is -0.344 e. The number of rotatable bonds is 5. The maximum absolute atomic E-state index is 12.6. The van der Waals surface area contributed by atoms with Crippen LogP contribution in [0.1, 0.15) is 19.3 Å². The van der Waals surface area contributed by atoms with Crippen LogP contribution in [0.25, 0.3) is 0 Å². The van der Waals surface area contributed by atoms with E-state index in [-0.39, 0.29) is 24.2 Å². The average molecular weight is 350 g/mol. The highest BCUT2D eigenvalue weighted by Crippen LogP contribution is 2.27. The van der Waals surface area contributed by atoms with Gasteiger partial charge in [0.05, 0.1) is 5.92 Å². The van der Waals surface area contributed by atoms with Gasteiger partial charge in [-0.2, -0.15) is 0 Å². The van der Waals surface area contributed by atoms with Crippen LogP contribution < -0.4 is 4.90 Å². The van der Waals surface area contributed by atoms with Gasteiger partial charge in [-0.3, -0.25) is 9.59 Å². The summed E-state index contributed by atoms with van der Waals surface area (Å²) >= 11 is 5.90. The smallest absolute Gasteiger partial charge is 0.227 e. The molecule has 0 N–H and O–H groups in total. The van der Waals surface area contributed by atoms with E-state index < -0.39 is 0 Å². The first-order chi connectivity index (χ1) is 11.5. The molecule has 6 heteroatoms. The largest absolute Gasteiger partial charge is 0.344 e. The lowest BCUT2D eigenvalue weighted by Crippen LogP contribution is -2.39. The average Bonchev–Trinajstić information content (AvgIpc) is 3.22. The molecule has 1 aromatic carbocycles. The van der Waals surface area contributed by atoms with E-state index in [0.29, 0.717) is 11.6 Å². The predicted octanol–water partition coefficient (Wildman–Crippen LogP) is 2.25. The topological polar surface area (TPSA) is 43.9 Å². The first kappa shape index (κ1) is 17.2. The zero-order valence-electron chi connectivity index (χ0n) is 14.1. The Kier molecular flexibility index (Phi) is 5.41. The fourth-order valence-electron chi connectivity index (χ4n) is 3.46. The standard InChI is InChI=1S/C18H24ClN3O2/c1-20(10-11-21-8-2-3-9-21)18(24)14-12-17(23)22(13-14)16-6-4-15(19)5-7-16/h4-7,14H,2-3,8-13H2,1H3. The van der Waals surface area contributed by atoms with Crippen LogP contribution in [0, 0.1) is 5.92 Å². The molecular weight excluding hydrogens is 326 g/mol. The van der Waals surface area contributed by atoms with E-state index in [9.17, 15) is 9.59 Å². The predicted molar refractivity (Wildman–Crippen MR) is 95.2 cm³/mol. The number of halogens is 1. The summed E-state index contributed by atoms with van der Waals surface area (Å²) in [5.74, 6) is -0.181. The van der Waals surface area contributed by atoms with Crippen LogP contribution in [-0.4, -0.2) is 61.4 Å². The molecular formula is C18H24ClN3O2. The van der Waals surface area contributed by atoms with Crippen molar-refractivity contribution in [3.05, 3.63) is 29.3 Å². The molecule has 5 nitrogen and oxygen atoms in total. The van der Waals surface area contributed by atoms with E-state index in [1.54, 1.807) is 21.9 Å². The molecule has 24 heavy (non-hydrogen) atoms. The molecule has 3 rings (SSSR count). The molecule has 2 aliphatic heterocycles. The maximum atomic E-state index is 12.6. The number of carbonyl (C=O) groups excluding carboxylic acids is 2. The fraction of sp³-hybridized carbons (Fsp3) is 0.556. The molecule has 2 amide bonds. The van der Waals surface area contributed by atoms with Gasteiger partial charge in [-0.05, 0) is 50.2 Å². The van der Waals surface area contributed by atoms with Gasteiger partial charge in [0.25, 0.3) is 0 Å². The van der Waals surface area contributed by atoms with E-state index in [2.05, 4.69) is 4.90 Å². The van der Waals surface area contributed by atoms with E-state index in [4.69, 9.17) is 11.6 Å². The van der Waals surface area contributed by atoms with E-state index >= 15 is 0 Å². The molecule has 0 saturated carbocycles. The molecule has 2 fully saturated rings. The molecule has 1 aromatic rings. The van der Waals surface area contributed by atoms with Crippen molar-refractivity contribution in [3.8, 4) is 0 Å². The third-order valence-electron chi connectivity index (χ3n) is 4.94. The number of likely N-dealkylation sites (N-methyl/N-ethyl adjacent to an activating group) is 1. The van der Waals surface area contributed by atoms with Gasteiger partial charge >= 0.3 is 0 Å². The van der Waals surface area contributed by atoms with Gasteiger partial charge in [0.2, 0.25) is 11.8 Å². The van der Waals surface area contributed by atoms with Gasteiger partial charge in [0.1, 0.15) is 0 Å². The molecule has 2 aliphatic rings. The number of likely N-dealkylation sites (tertiary alicyclic amines) is 1. The highest BCUT2D eigenvalue weighted by molar-refractivity contribution is 6.30. The molecule has 1 atom stereocenters. The second kappa shape index (κ2) is 7.53. The number of carbonyl (C=O) groups is 2. The number of nitrogens with zero attached hydrogens (tertiary/aromatic N) is 3. The van der Waals surface area contributed by atoms with Crippen molar-refractivity contribution in [1.29, 1.82) is 0 Å². The van der Waals surface area contributed by atoms with Gasteiger partial charge < -0.3 is 14.7 Å². The molecule has 130 valence electrons. The van der Waals surface area contributed by atoms with Crippen LogP contribution in [0.3, 0.4) is 0 Å². The Balaban J connectivity index is 1.55. The Morgan fingerprint density at radius 2 is 1.92 bits per heavy atom. The van der Waals surface area contributed by atoms with Crippen LogP contribution in [0.15, 0.2) is 24.3 Å². The van der Waals surface area contributed by atoms with Crippen molar-refractivity contribution < 1.29 is 9.59 Å². The summed E-state index contributed by atoms with van der Waals surface area (Å²) in [6.45, 7) is 4.37. The number of hydrogen-bond donors (Lipinski definition) is 0. The highest BCUT2D eigenvalue weighted by Gasteiger charge is 2.36. The van der Waals surface area contributed by atoms with Crippen LogP contribution in [-0.2, 0) is 9.59 Å². The number of benzene rings is 1. The monoisotopic (exact) mass is 349 g/mol. The van der Waals surface area contributed by atoms with E-state index in [0.717, 1.165) is 31.9 Å². The molecule has 1 unspecified atom stereocenters. The van der Waals surface area contributed by atoms with Crippen molar-refractivity contribution in [1.82, 2.24) is 9.80 Å². The first-order valence-electron chi connectivity index (χ1n) is 8.58. The fourth-order valence-corrected chi connectivity index (χ4v) is 3.59.